The van der Waals surface area contributed by atoms with Gasteiger partial charge in [-0.1, -0.05) is 37.3 Å². The van der Waals surface area contributed by atoms with Gasteiger partial charge in [0.05, 0.1) is 26.4 Å². The minimum atomic E-state index is 0.00924. The number of ether oxygens (including phenoxy) is 2. The van der Waals surface area contributed by atoms with E-state index >= 15 is 0 Å². The maximum atomic E-state index is 11.7. The van der Waals surface area contributed by atoms with Gasteiger partial charge in [-0.05, 0) is 70.4 Å². The highest BCUT2D eigenvalue weighted by Gasteiger charge is 2.02. The van der Waals surface area contributed by atoms with Crippen molar-refractivity contribution in [3.8, 4) is 0 Å². The molecule has 0 aromatic rings. The number of aliphatic hydroxyl groups excluding tert-OH is 1. The molecule has 8 heteroatoms. The predicted octanol–water partition coefficient (Wildman–Crippen LogP) is 4.09. The molecule has 0 fully saturated rings. The van der Waals surface area contributed by atoms with Crippen molar-refractivity contribution in [1.82, 2.24) is 10.6 Å². The Morgan fingerprint density at radius 3 is 1.84 bits per heavy atom. The first kappa shape index (κ1) is 36.0. The van der Waals surface area contributed by atoms with E-state index in [1.165, 1.54) is 11.1 Å². The summed E-state index contributed by atoms with van der Waals surface area (Å²) in [6.45, 7) is 7.27. The normalized spacial score (nSPS) is 11.2. The molecule has 5 N–H and O–H groups in total. The van der Waals surface area contributed by atoms with Crippen molar-refractivity contribution in [3.63, 3.8) is 0 Å². The first-order valence-corrected chi connectivity index (χ1v) is 14.5. The second-order valence-electron chi connectivity index (χ2n) is 9.64. The topological polar surface area (TPSA) is 120 Å². The summed E-state index contributed by atoms with van der Waals surface area (Å²) in [7, 11) is 0. The molecule has 0 aliphatic heterocycles. The fourth-order valence-corrected chi connectivity index (χ4v) is 3.78. The summed E-state index contributed by atoms with van der Waals surface area (Å²) in [6, 6.07) is 0. The summed E-state index contributed by atoms with van der Waals surface area (Å²) in [6.07, 6.45) is 17.1. The number of rotatable bonds is 26. The number of hydrogen-bond donors (Lipinski definition) is 3. The largest absolute Gasteiger partial charge is 0.444 e. The summed E-state index contributed by atoms with van der Waals surface area (Å²) in [5.41, 5.74) is 6.10. The fraction of sp³-hybridized carbons (Fsp3) is 0.767. The third-order valence-corrected chi connectivity index (χ3v) is 5.98. The van der Waals surface area contributed by atoms with Gasteiger partial charge in [0.1, 0.15) is 6.61 Å². The van der Waals surface area contributed by atoms with Crippen molar-refractivity contribution in [2.45, 2.75) is 97.3 Å². The highest BCUT2D eigenvalue weighted by atomic mass is 16.5. The molecule has 0 aromatic carbocycles. The van der Waals surface area contributed by atoms with Gasteiger partial charge in [-0.25, -0.2) is 0 Å². The van der Waals surface area contributed by atoms with Crippen LogP contribution in [0.25, 0.3) is 0 Å². The van der Waals surface area contributed by atoms with Gasteiger partial charge >= 0.3 is 0 Å². The van der Waals surface area contributed by atoms with Crippen LogP contribution in [0, 0.1) is 0 Å². The molecule has 220 valence electrons. The van der Waals surface area contributed by atoms with E-state index in [0.717, 1.165) is 70.6 Å². The minimum Gasteiger partial charge on any atom is -0.444 e. The lowest BCUT2D eigenvalue weighted by molar-refractivity contribution is -0.122. The number of amides is 2. The molecule has 0 bridgehead atoms. The molecular weight excluding hydrogens is 484 g/mol. The summed E-state index contributed by atoms with van der Waals surface area (Å²) in [5.74, 6) is 0.156. The van der Waals surface area contributed by atoms with Crippen molar-refractivity contribution in [3.05, 3.63) is 29.0 Å². The second-order valence-corrected chi connectivity index (χ2v) is 9.64. The molecule has 0 spiro atoms. The van der Waals surface area contributed by atoms with E-state index in [4.69, 9.17) is 19.7 Å². The lowest BCUT2D eigenvalue weighted by Gasteiger charge is -2.06. The Kier molecular flexibility index (Phi) is 26.6. The molecule has 0 radical (unpaired) electrons. The van der Waals surface area contributed by atoms with Crippen molar-refractivity contribution < 1.29 is 29.3 Å². The van der Waals surface area contributed by atoms with Crippen LogP contribution >= 0.6 is 0 Å². The Morgan fingerprint density at radius 2 is 1.29 bits per heavy atom. The Bertz CT molecular complexity index is 686. The highest BCUT2D eigenvalue weighted by molar-refractivity contribution is 5.76. The summed E-state index contributed by atoms with van der Waals surface area (Å²) in [5, 5.41) is 21.3. The molecule has 0 aliphatic carbocycles. The Hall–Kier alpha value is -1.96. The number of allylic oxidation sites excluding steroid dienone is 3. The Labute approximate surface area is 230 Å². The molecule has 2 amide bonds. The van der Waals surface area contributed by atoms with Crippen LogP contribution in [0.3, 0.4) is 0 Å². The zero-order valence-corrected chi connectivity index (χ0v) is 24.1. The molecule has 8 nitrogen and oxygen atoms in total. The van der Waals surface area contributed by atoms with Crippen LogP contribution in [0.4, 0.5) is 0 Å². The average molecular weight is 540 g/mol. The summed E-state index contributed by atoms with van der Waals surface area (Å²) < 4.78 is 10.3. The standard InChI is InChI=1S/C30H54N2O6/c1-27(13-7-3-5-9-17-29(35)31-19-23-37-25-21-33)15-11-12-16-28(2)14-8-4-6-10-18-30(36)32-20-24-38-26-22-34/h11,16,33-34H,3-10,12-14,17-26H2,1-2H3,(H,31,35)(H,32,36)/p+1/b28-16+. The number of carbonyl (C=O) groups is 2. The van der Waals surface area contributed by atoms with Crippen LogP contribution in [-0.2, 0) is 19.1 Å². The molecule has 38 heavy (non-hydrogen) atoms. The summed E-state index contributed by atoms with van der Waals surface area (Å²) >= 11 is 0. The highest BCUT2D eigenvalue weighted by Crippen LogP contribution is 2.12. The fourth-order valence-electron chi connectivity index (χ4n) is 3.78. The van der Waals surface area contributed by atoms with Crippen LogP contribution < -0.4 is 10.6 Å². The van der Waals surface area contributed by atoms with Crippen LogP contribution in [0.5, 0.6) is 0 Å². The van der Waals surface area contributed by atoms with E-state index in [1.54, 1.807) is 0 Å². The second kappa shape index (κ2) is 28.1. The van der Waals surface area contributed by atoms with Gasteiger partial charge in [0.25, 0.3) is 0 Å². The Balaban J connectivity index is 3.69. The maximum Gasteiger partial charge on any atom is 0.220 e. The van der Waals surface area contributed by atoms with E-state index in [2.05, 4.69) is 42.4 Å². The lowest BCUT2D eigenvalue weighted by Crippen LogP contribution is -2.27. The van der Waals surface area contributed by atoms with Crippen molar-refractivity contribution in [1.29, 1.82) is 0 Å². The molecule has 0 unspecified atom stereocenters. The Morgan fingerprint density at radius 1 is 0.763 bits per heavy atom. The van der Waals surface area contributed by atoms with E-state index in [-0.39, 0.29) is 25.0 Å². The number of unbranched alkanes of at least 4 members (excludes halogenated alkanes) is 6. The van der Waals surface area contributed by atoms with Crippen molar-refractivity contribution in [2.75, 3.05) is 52.7 Å². The molecular formula is C30H55N2O6+. The lowest BCUT2D eigenvalue weighted by atomic mass is 10.1. The zero-order chi connectivity index (χ0) is 28.1. The van der Waals surface area contributed by atoms with Crippen LogP contribution in [0.1, 0.15) is 97.3 Å². The number of aliphatic hydroxyl groups is 1. The number of hydrogen-bond acceptors (Lipinski definition) is 5. The predicted molar refractivity (Wildman–Crippen MR) is 154 cm³/mol. The van der Waals surface area contributed by atoms with Crippen LogP contribution in [-0.4, -0.2) is 74.8 Å². The van der Waals surface area contributed by atoms with Crippen molar-refractivity contribution in [2.24, 2.45) is 0 Å². The zero-order valence-electron chi connectivity index (χ0n) is 24.1. The minimum absolute atomic E-state index is 0.00924. The number of nitrogens with one attached hydrogen (secondary N) is 2. The summed E-state index contributed by atoms with van der Waals surface area (Å²) in [4.78, 5) is 23.5. The van der Waals surface area contributed by atoms with E-state index < -0.39 is 0 Å². The molecule has 0 saturated heterocycles. The average Bonchev–Trinajstić information content (AvgIpc) is 2.90. The first-order valence-electron chi connectivity index (χ1n) is 14.5. The third-order valence-electron chi connectivity index (χ3n) is 5.98. The van der Waals surface area contributed by atoms with Crippen LogP contribution in [0.15, 0.2) is 29.0 Å². The number of carbonyl (C=O) groups excluding carboxylic acids is 2. The van der Waals surface area contributed by atoms with Crippen molar-refractivity contribution >= 4 is 11.8 Å². The molecule has 0 saturated carbocycles. The smallest absolute Gasteiger partial charge is 0.220 e. The van der Waals surface area contributed by atoms with Gasteiger partial charge in [-0.2, -0.15) is 0 Å². The molecule has 0 aromatic heterocycles. The quantitative estimate of drug-likeness (QED) is 0.0662. The van der Waals surface area contributed by atoms with E-state index in [1.807, 2.05) is 0 Å². The van der Waals surface area contributed by atoms with Gasteiger partial charge < -0.3 is 30.3 Å². The third kappa shape index (κ3) is 27.1. The van der Waals surface area contributed by atoms with E-state index in [9.17, 15) is 9.59 Å². The molecule has 0 heterocycles. The first-order chi connectivity index (χ1) is 18.5. The van der Waals surface area contributed by atoms with Gasteiger partial charge in [0.2, 0.25) is 11.8 Å². The van der Waals surface area contributed by atoms with E-state index in [0.29, 0.717) is 52.4 Å². The monoisotopic (exact) mass is 539 g/mol. The molecule has 0 rings (SSSR count). The maximum absolute atomic E-state index is 11.7. The molecule has 0 atom stereocenters. The SMILES string of the molecule is CC(=C=CC/C=C(\C)CCCCCCC(=O)NCCOCCO)CCCCCCC(=O)NCCOCC[OH2+]. The van der Waals surface area contributed by atoms with Gasteiger partial charge in [0.15, 0.2) is 6.61 Å². The van der Waals surface area contributed by atoms with Crippen LogP contribution in [0.2, 0.25) is 0 Å². The molecule has 0 aliphatic rings. The van der Waals surface area contributed by atoms with Gasteiger partial charge in [0, 0.05) is 25.9 Å². The van der Waals surface area contributed by atoms with Gasteiger partial charge in [-0.3, -0.25) is 9.59 Å². The van der Waals surface area contributed by atoms with Gasteiger partial charge in [-0.15, -0.1) is 5.73 Å².